The van der Waals surface area contributed by atoms with Crippen LogP contribution in [-0.4, -0.2) is 35.9 Å². The summed E-state index contributed by atoms with van der Waals surface area (Å²) < 4.78 is 19.3. The summed E-state index contributed by atoms with van der Waals surface area (Å²) in [6, 6.07) is 13.1. The van der Waals surface area contributed by atoms with Crippen molar-refractivity contribution in [2.75, 3.05) is 13.2 Å². The van der Waals surface area contributed by atoms with Gasteiger partial charge in [-0.2, -0.15) is 0 Å². The number of halogens is 1. The first kappa shape index (κ1) is 23.4. The van der Waals surface area contributed by atoms with Gasteiger partial charge in [-0.15, -0.1) is 0 Å². The molecule has 2 amide bonds. The van der Waals surface area contributed by atoms with Gasteiger partial charge in [-0.05, 0) is 37.0 Å². The largest absolute Gasteiger partial charge is 0.481 e. The fraction of sp³-hybridized carbons (Fsp3) is 0.417. The summed E-state index contributed by atoms with van der Waals surface area (Å²) in [6.45, 7) is 8.33. The summed E-state index contributed by atoms with van der Waals surface area (Å²) in [5.41, 5.74) is 1.99. The minimum Gasteiger partial charge on any atom is -0.481 e. The highest BCUT2D eigenvalue weighted by Crippen LogP contribution is 2.17. The van der Waals surface area contributed by atoms with Crippen LogP contribution in [0.1, 0.15) is 38.3 Å². The second kappa shape index (κ2) is 11.3. The molecule has 162 valence electrons. The number of carbonyl (C=O) groups is 2. The van der Waals surface area contributed by atoms with Gasteiger partial charge in [0.1, 0.15) is 6.04 Å². The van der Waals surface area contributed by atoms with Crippen molar-refractivity contribution in [3.63, 3.8) is 0 Å². The highest BCUT2D eigenvalue weighted by Gasteiger charge is 2.29. The first-order valence-corrected chi connectivity index (χ1v) is 10.3. The van der Waals surface area contributed by atoms with Crippen molar-refractivity contribution in [1.29, 1.82) is 0 Å². The number of carbonyl (C=O) groups excluding carboxylic acids is 2. The molecule has 5 nitrogen and oxygen atoms in total. The van der Waals surface area contributed by atoms with Gasteiger partial charge in [0.05, 0.1) is 0 Å². The van der Waals surface area contributed by atoms with Crippen LogP contribution >= 0.6 is 0 Å². The maximum absolute atomic E-state index is 13.8. The zero-order valence-corrected chi connectivity index (χ0v) is 18.2. The Morgan fingerprint density at radius 3 is 2.50 bits per heavy atom. The number of aryl methyl sites for hydroxylation is 1. The van der Waals surface area contributed by atoms with E-state index in [2.05, 4.69) is 5.32 Å². The molecule has 30 heavy (non-hydrogen) atoms. The number of hydrogen-bond donors (Lipinski definition) is 1. The average Bonchev–Trinajstić information content (AvgIpc) is 2.71. The number of nitrogens with zero attached hydrogens (tertiary/aromatic N) is 1. The van der Waals surface area contributed by atoms with E-state index in [4.69, 9.17) is 4.74 Å². The van der Waals surface area contributed by atoms with Gasteiger partial charge in [-0.1, -0.05) is 62.7 Å². The van der Waals surface area contributed by atoms with Gasteiger partial charge in [-0.25, -0.2) is 4.39 Å². The maximum Gasteiger partial charge on any atom is 0.261 e. The van der Waals surface area contributed by atoms with Gasteiger partial charge in [0.15, 0.2) is 18.2 Å². The van der Waals surface area contributed by atoms with Crippen molar-refractivity contribution in [1.82, 2.24) is 10.2 Å². The minimum absolute atomic E-state index is 0.0127. The maximum atomic E-state index is 13.8. The van der Waals surface area contributed by atoms with Crippen molar-refractivity contribution in [3.8, 4) is 5.75 Å². The van der Waals surface area contributed by atoms with E-state index in [1.54, 1.807) is 12.1 Å². The van der Waals surface area contributed by atoms with E-state index in [-0.39, 0.29) is 30.7 Å². The number of amides is 2. The molecule has 0 spiro atoms. The molecule has 0 radical (unpaired) electrons. The molecule has 0 unspecified atom stereocenters. The van der Waals surface area contributed by atoms with E-state index in [1.807, 2.05) is 52.0 Å². The quantitative estimate of drug-likeness (QED) is 0.637. The summed E-state index contributed by atoms with van der Waals surface area (Å²) in [5, 5.41) is 2.91. The van der Waals surface area contributed by atoms with Gasteiger partial charge in [-0.3, -0.25) is 9.59 Å². The molecule has 0 aliphatic heterocycles. The molecule has 0 saturated heterocycles. The number of hydrogen-bond acceptors (Lipinski definition) is 3. The molecular weight excluding hydrogens is 383 g/mol. The van der Waals surface area contributed by atoms with Crippen molar-refractivity contribution >= 4 is 11.8 Å². The molecule has 2 aromatic rings. The van der Waals surface area contributed by atoms with E-state index in [9.17, 15) is 14.0 Å². The zero-order valence-electron chi connectivity index (χ0n) is 18.2. The first-order chi connectivity index (χ1) is 14.3. The van der Waals surface area contributed by atoms with E-state index in [0.717, 1.165) is 11.1 Å². The standard InChI is InChI=1S/C24H31FN2O3/c1-5-21(24(29)26-14-17(2)3)27(15-19-10-8-9-18(4)13-19)23(28)16-30-22-12-7-6-11-20(22)25/h6-13,17,21H,5,14-16H2,1-4H3,(H,26,29)/t21-/m1/s1. The summed E-state index contributed by atoms with van der Waals surface area (Å²) in [6.07, 6.45) is 0.460. The van der Waals surface area contributed by atoms with Crippen LogP contribution < -0.4 is 10.1 Å². The number of rotatable bonds is 10. The SMILES string of the molecule is CC[C@H](C(=O)NCC(C)C)N(Cc1cccc(C)c1)C(=O)COc1ccccc1F. The Morgan fingerprint density at radius 1 is 1.13 bits per heavy atom. The van der Waals surface area contributed by atoms with Crippen LogP contribution in [0, 0.1) is 18.7 Å². The van der Waals surface area contributed by atoms with Gasteiger partial charge < -0.3 is 15.0 Å². The fourth-order valence-electron chi connectivity index (χ4n) is 3.13. The Labute approximate surface area is 178 Å². The second-order valence-corrected chi connectivity index (χ2v) is 7.79. The lowest BCUT2D eigenvalue weighted by Crippen LogP contribution is -2.50. The van der Waals surface area contributed by atoms with E-state index in [0.29, 0.717) is 18.9 Å². The van der Waals surface area contributed by atoms with Crippen LogP contribution in [0.2, 0.25) is 0 Å². The van der Waals surface area contributed by atoms with Gasteiger partial charge >= 0.3 is 0 Å². The first-order valence-electron chi connectivity index (χ1n) is 10.3. The lowest BCUT2D eigenvalue weighted by molar-refractivity contribution is -0.143. The summed E-state index contributed by atoms with van der Waals surface area (Å²) >= 11 is 0. The molecule has 0 heterocycles. The second-order valence-electron chi connectivity index (χ2n) is 7.79. The Balaban J connectivity index is 2.21. The molecule has 0 aliphatic carbocycles. The third kappa shape index (κ3) is 6.87. The highest BCUT2D eigenvalue weighted by atomic mass is 19.1. The van der Waals surface area contributed by atoms with E-state index in [1.165, 1.54) is 17.0 Å². The molecule has 0 aliphatic rings. The summed E-state index contributed by atoms with van der Waals surface area (Å²) in [5.74, 6) is -0.780. The van der Waals surface area contributed by atoms with Crippen LogP contribution in [0.5, 0.6) is 5.75 Å². The van der Waals surface area contributed by atoms with Gasteiger partial charge in [0.2, 0.25) is 5.91 Å². The molecule has 0 saturated carbocycles. The van der Waals surface area contributed by atoms with E-state index < -0.39 is 11.9 Å². The Morgan fingerprint density at radius 2 is 1.87 bits per heavy atom. The van der Waals surface area contributed by atoms with Crippen molar-refractivity contribution in [2.24, 2.45) is 5.92 Å². The lowest BCUT2D eigenvalue weighted by atomic mass is 10.1. The molecule has 2 rings (SSSR count). The monoisotopic (exact) mass is 414 g/mol. The molecule has 0 bridgehead atoms. The molecule has 0 fully saturated rings. The molecule has 2 aromatic carbocycles. The van der Waals surface area contributed by atoms with Crippen molar-refractivity contribution in [2.45, 2.75) is 46.7 Å². The number of para-hydroxylation sites is 1. The highest BCUT2D eigenvalue weighted by molar-refractivity contribution is 5.88. The van der Waals surface area contributed by atoms with E-state index >= 15 is 0 Å². The molecule has 1 atom stereocenters. The number of benzene rings is 2. The predicted octanol–water partition coefficient (Wildman–Crippen LogP) is 4.09. The van der Waals surface area contributed by atoms with Crippen LogP contribution in [0.25, 0.3) is 0 Å². The minimum atomic E-state index is -0.638. The lowest BCUT2D eigenvalue weighted by Gasteiger charge is -2.31. The smallest absolute Gasteiger partial charge is 0.261 e. The molecular formula is C24H31FN2O3. The summed E-state index contributed by atoms with van der Waals surface area (Å²) in [4.78, 5) is 27.4. The molecule has 0 aromatic heterocycles. The Bertz CT molecular complexity index is 854. The van der Waals surface area contributed by atoms with Crippen LogP contribution in [0.3, 0.4) is 0 Å². The van der Waals surface area contributed by atoms with Crippen molar-refractivity contribution < 1.29 is 18.7 Å². The third-order valence-electron chi connectivity index (χ3n) is 4.69. The predicted molar refractivity (Wildman–Crippen MR) is 116 cm³/mol. The van der Waals surface area contributed by atoms with Gasteiger partial charge in [0.25, 0.3) is 5.91 Å². The topological polar surface area (TPSA) is 58.6 Å². The van der Waals surface area contributed by atoms with Crippen LogP contribution in [0.15, 0.2) is 48.5 Å². The zero-order chi connectivity index (χ0) is 22.1. The normalized spacial score (nSPS) is 11.8. The fourth-order valence-corrected chi connectivity index (χ4v) is 3.13. The molecule has 1 N–H and O–H groups in total. The molecule has 6 heteroatoms. The van der Waals surface area contributed by atoms with Crippen LogP contribution in [-0.2, 0) is 16.1 Å². The number of nitrogens with one attached hydrogen (secondary N) is 1. The Hall–Kier alpha value is -2.89. The van der Waals surface area contributed by atoms with Crippen molar-refractivity contribution in [3.05, 3.63) is 65.5 Å². The third-order valence-corrected chi connectivity index (χ3v) is 4.69. The average molecular weight is 415 g/mol. The summed E-state index contributed by atoms with van der Waals surface area (Å²) in [7, 11) is 0. The van der Waals surface area contributed by atoms with Gasteiger partial charge in [0, 0.05) is 13.1 Å². The number of ether oxygens (including phenoxy) is 1. The Kier molecular flexibility index (Phi) is 8.84. The van der Waals surface area contributed by atoms with Crippen LogP contribution in [0.4, 0.5) is 4.39 Å².